The van der Waals surface area contributed by atoms with Gasteiger partial charge in [0, 0.05) is 5.41 Å². The second-order valence-electron chi connectivity index (χ2n) is 18.0. The number of hydrogen-bond acceptors (Lipinski definition) is 6. The summed E-state index contributed by atoms with van der Waals surface area (Å²) in [6.07, 6.45) is 2.74. The van der Waals surface area contributed by atoms with Crippen LogP contribution in [0.3, 0.4) is 0 Å². The van der Waals surface area contributed by atoms with Crippen molar-refractivity contribution in [3.05, 3.63) is 11.6 Å². The highest BCUT2D eigenvalue weighted by Crippen LogP contribution is 2.76. The zero-order chi connectivity index (χ0) is 31.5. The Morgan fingerprint density at radius 3 is 2.19 bits per heavy atom. The Morgan fingerprint density at radius 1 is 0.837 bits per heavy atom. The van der Waals surface area contributed by atoms with Gasteiger partial charge in [0.05, 0.1) is 12.7 Å². The van der Waals surface area contributed by atoms with Crippen molar-refractivity contribution in [1.82, 2.24) is 0 Å². The van der Waals surface area contributed by atoms with Crippen molar-refractivity contribution in [1.29, 1.82) is 0 Å². The van der Waals surface area contributed by atoms with Crippen LogP contribution in [0.5, 0.6) is 0 Å². The maximum Gasteiger partial charge on any atom is 0.135 e. The number of allylic oxidation sites excluding steroid dienone is 2. The Kier molecular flexibility index (Phi) is 7.69. The normalized spacial score (nSPS) is 54.7. The maximum atomic E-state index is 17.3. The van der Waals surface area contributed by atoms with E-state index in [0.29, 0.717) is 24.7 Å². The maximum absolute atomic E-state index is 17.3. The molecule has 1 heterocycles. The smallest absolute Gasteiger partial charge is 0.135 e. The van der Waals surface area contributed by atoms with E-state index in [0.717, 1.165) is 51.4 Å². The topological polar surface area (TPSA) is 110 Å². The minimum atomic E-state index is -1.57. The molecule has 0 aromatic carbocycles. The van der Waals surface area contributed by atoms with Gasteiger partial charge in [0.15, 0.2) is 0 Å². The van der Waals surface area contributed by atoms with Crippen LogP contribution in [0.15, 0.2) is 11.6 Å². The molecule has 8 unspecified atom stereocenters. The molecule has 5 fully saturated rings. The summed E-state index contributed by atoms with van der Waals surface area (Å²) in [5.74, 6) is 0.957. The van der Waals surface area contributed by atoms with E-state index < -0.39 is 48.7 Å². The number of aliphatic hydroxyl groups excluding tert-OH is 5. The Labute approximate surface area is 258 Å². The molecule has 6 nitrogen and oxygen atoms in total. The first-order valence-electron chi connectivity index (χ1n) is 17.2. The summed E-state index contributed by atoms with van der Waals surface area (Å²) in [5.41, 5.74) is 0.712. The molecule has 14 atom stereocenters. The van der Waals surface area contributed by atoms with Crippen LogP contribution in [0.4, 0.5) is 4.39 Å². The van der Waals surface area contributed by atoms with Gasteiger partial charge in [0.2, 0.25) is 0 Å². The quantitative estimate of drug-likeness (QED) is 0.278. The third-order valence-corrected chi connectivity index (χ3v) is 15.4. The Morgan fingerprint density at radius 2 is 1.51 bits per heavy atom. The van der Waals surface area contributed by atoms with Crippen LogP contribution in [0.1, 0.15) is 113 Å². The number of aliphatic hydroxyl groups is 5. The summed E-state index contributed by atoms with van der Waals surface area (Å²) >= 11 is 0. The molecule has 43 heavy (non-hydrogen) atoms. The summed E-state index contributed by atoms with van der Waals surface area (Å²) in [4.78, 5) is 0. The van der Waals surface area contributed by atoms with E-state index in [4.69, 9.17) is 4.74 Å². The fourth-order valence-corrected chi connectivity index (χ4v) is 12.5. The Hall–Kier alpha value is -0.570. The van der Waals surface area contributed by atoms with Crippen molar-refractivity contribution >= 4 is 0 Å². The van der Waals surface area contributed by atoms with E-state index in [-0.39, 0.29) is 39.1 Å². The zero-order valence-corrected chi connectivity index (χ0v) is 27.7. The Bertz CT molecular complexity index is 1120. The molecule has 0 bridgehead atoms. The average molecular weight is 607 g/mol. The Balaban J connectivity index is 1.40. The molecule has 4 saturated carbocycles. The number of alkyl halides is 1. The van der Waals surface area contributed by atoms with Crippen LogP contribution in [0, 0.1) is 50.2 Å². The zero-order valence-electron chi connectivity index (χ0n) is 27.7. The molecule has 5 N–H and O–H groups in total. The number of hydrogen-bond donors (Lipinski definition) is 5. The molecule has 5 aliphatic carbocycles. The van der Waals surface area contributed by atoms with Gasteiger partial charge >= 0.3 is 0 Å². The lowest BCUT2D eigenvalue weighted by molar-refractivity contribution is -0.261. The molecule has 0 spiro atoms. The van der Waals surface area contributed by atoms with Crippen molar-refractivity contribution in [2.45, 2.75) is 155 Å². The van der Waals surface area contributed by atoms with Crippen LogP contribution in [-0.2, 0) is 4.74 Å². The molecule has 0 radical (unpaired) electrons. The van der Waals surface area contributed by atoms with E-state index in [1.807, 2.05) is 0 Å². The van der Waals surface area contributed by atoms with Crippen molar-refractivity contribution in [2.75, 3.05) is 6.61 Å². The lowest BCUT2D eigenvalue weighted by Crippen LogP contribution is -2.67. The summed E-state index contributed by atoms with van der Waals surface area (Å²) < 4.78 is 23.2. The minimum Gasteiger partial charge on any atom is -0.394 e. The van der Waals surface area contributed by atoms with Gasteiger partial charge in [-0.2, -0.15) is 0 Å². The third-order valence-electron chi connectivity index (χ3n) is 15.4. The van der Waals surface area contributed by atoms with Crippen molar-refractivity contribution in [3.8, 4) is 0 Å². The number of halogens is 1. The van der Waals surface area contributed by atoms with E-state index in [2.05, 4.69) is 54.5 Å². The number of fused-ring (bicyclic) bond motifs is 7. The van der Waals surface area contributed by atoms with Gasteiger partial charge < -0.3 is 30.3 Å². The average Bonchev–Trinajstić information content (AvgIpc) is 2.94. The molecule has 7 heteroatoms. The first-order chi connectivity index (χ1) is 19.9. The summed E-state index contributed by atoms with van der Waals surface area (Å²) in [6.45, 7) is 16.1. The molecule has 1 aliphatic heterocycles. The van der Waals surface area contributed by atoms with Crippen LogP contribution < -0.4 is 0 Å². The molecule has 6 rings (SSSR count). The summed E-state index contributed by atoms with van der Waals surface area (Å²) in [5, 5.41) is 52.8. The number of rotatable bonds is 3. The van der Waals surface area contributed by atoms with Gasteiger partial charge in [-0.25, -0.2) is 4.39 Å². The van der Waals surface area contributed by atoms with Crippen LogP contribution in [0.25, 0.3) is 0 Å². The van der Waals surface area contributed by atoms with Gasteiger partial charge in [-0.15, -0.1) is 0 Å². The molecular weight excluding hydrogens is 547 g/mol. The second kappa shape index (κ2) is 10.2. The molecule has 6 aliphatic rings. The standard InChI is InChI=1S/C36H59FO6/c1-31(2)14-16-36(30(37)29-28(42)27(41)26(40)22(19-38)43-29)17-15-34(6)20(21(36)18-31)8-9-24-33(5)12-11-25(39)32(3,4)23(33)10-13-35(24,34)7/h8,21-30,38-42H,9-19H2,1-7H3/t21?,22?,23?,24?,25?,26-,27?,28?,29+,30?,33-,34+,35+,36-/m0/s1. The largest absolute Gasteiger partial charge is 0.394 e. The van der Waals surface area contributed by atoms with Crippen molar-refractivity contribution < 1.29 is 34.7 Å². The van der Waals surface area contributed by atoms with Crippen molar-refractivity contribution in [2.24, 2.45) is 50.2 Å². The molecule has 1 saturated heterocycles. The monoisotopic (exact) mass is 606 g/mol. The van der Waals surface area contributed by atoms with E-state index in [1.54, 1.807) is 0 Å². The molecule has 0 amide bonds. The van der Waals surface area contributed by atoms with Gasteiger partial charge in [-0.3, -0.25) is 0 Å². The van der Waals surface area contributed by atoms with Crippen LogP contribution in [0.2, 0.25) is 0 Å². The van der Waals surface area contributed by atoms with E-state index in [1.165, 1.54) is 5.57 Å². The SMILES string of the molecule is CC1(C)CC[C@]2(C(F)[C@@H]3OC(CO)[C@H](O)C(O)C3O)CC[C@]3(C)C(=CCC4[C@@]5(C)CCC(O)C(C)(C)C5CC[C@]43C)C2C1. The summed E-state index contributed by atoms with van der Waals surface area (Å²) in [7, 11) is 0. The lowest BCUT2D eigenvalue weighted by atomic mass is 9.33. The fraction of sp³-hybridized carbons (Fsp3) is 0.944. The molecule has 0 aromatic rings. The highest BCUT2D eigenvalue weighted by Gasteiger charge is 2.70. The lowest BCUT2D eigenvalue weighted by Gasteiger charge is -2.71. The van der Waals surface area contributed by atoms with Gasteiger partial charge in [0.25, 0.3) is 0 Å². The fourth-order valence-electron chi connectivity index (χ4n) is 12.5. The van der Waals surface area contributed by atoms with Gasteiger partial charge in [-0.05, 0) is 109 Å². The predicted molar refractivity (Wildman–Crippen MR) is 164 cm³/mol. The molecule has 0 aromatic heterocycles. The number of ether oxygens (including phenoxy) is 1. The van der Waals surface area contributed by atoms with Crippen LogP contribution in [-0.4, -0.2) is 74.9 Å². The van der Waals surface area contributed by atoms with E-state index >= 15 is 4.39 Å². The third kappa shape index (κ3) is 4.30. The predicted octanol–water partition coefficient (Wildman–Crippen LogP) is 5.33. The molecule has 246 valence electrons. The second-order valence-corrected chi connectivity index (χ2v) is 18.0. The highest BCUT2D eigenvalue weighted by molar-refractivity contribution is 5.34. The van der Waals surface area contributed by atoms with Gasteiger partial charge in [-0.1, -0.05) is 60.1 Å². The van der Waals surface area contributed by atoms with Crippen LogP contribution >= 0.6 is 0 Å². The van der Waals surface area contributed by atoms with Gasteiger partial charge in [0.1, 0.15) is 36.7 Å². The first-order valence-corrected chi connectivity index (χ1v) is 17.2. The minimum absolute atomic E-state index is 0.00899. The highest BCUT2D eigenvalue weighted by atomic mass is 19.1. The molecular formula is C36H59FO6. The van der Waals surface area contributed by atoms with Crippen molar-refractivity contribution in [3.63, 3.8) is 0 Å². The summed E-state index contributed by atoms with van der Waals surface area (Å²) in [6, 6.07) is 0. The first kappa shape index (κ1) is 32.4. The van der Waals surface area contributed by atoms with E-state index in [9.17, 15) is 25.5 Å².